The van der Waals surface area contributed by atoms with Gasteiger partial charge in [-0.05, 0) is 30.7 Å². The molecule has 2 atom stereocenters. The smallest absolute Gasteiger partial charge is 0.251 e. The largest absolute Gasteiger partial charge is 0.382 e. The summed E-state index contributed by atoms with van der Waals surface area (Å²) in [5.74, 6) is -1.37. The molecule has 0 fully saturated rings. The monoisotopic (exact) mass is 388 g/mol. The molecule has 26 heavy (non-hydrogen) atoms. The summed E-state index contributed by atoms with van der Waals surface area (Å²) in [4.78, 5) is 23.9. The Bertz CT molecular complexity index is 555. The molecular weight excluding hydrogens is 364 g/mol. The summed E-state index contributed by atoms with van der Waals surface area (Å²) in [6.45, 7) is 2.67. The van der Waals surface area contributed by atoms with Crippen molar-refractivity contribution in [3.8, 4) is 0 Å². The number of methoxy groups -OCH3 is 1. The predicted molar refractivity (Wildman–Crippen MR) is 95.1 cm³/mol. The molecule has 0 heterocycles. The van der Waals surface area contributed by atoms with Crippen LogP contribution in [0.2, 0.25) is 5.02 Å². The van der Waals surface area contributed by atoms with E-state index in [0.29, 0.717) is 23.8 Å². The maximum atomic E-state index is 12.4. The first-order chi connectivity index (χ1) is 12.5. The van der Waals surface area contributed by atoms with Crippen LogP contribution in [-0.4, -0.2) is 56.8 Å². The molecule has 0 spiro atoms. The van der Waals surface area contributed by atoms with Crippen LogP contribution in [0.1, 0.15) is 23.7 Å². The van der Waals surface area contributed by atoms with E-state index in [9.17, 15) is 9.59 Å². The van der Waals surface area contributed by atoms with Crippen molar-refractivity contribution in [2.24, 2.45) is 5.92 Å². The van der Waals surface area contributed by atoms with Gasteiger partial charge < -0.3 is 19.5 Å². The Morgan fingerprint density at radius 2 is 1.88 bits per heavy atom. The van der Waals surface area contributed by atoms with Crippen molar-refractivity contribution < 1.29 is 29.0 Å². The molecule has 0 unspecified atom stereocenters. The molecule has 1 aromatic carbocycles. The molecule has 0 aliphatic carbocycles. The van der Waals surface area contributed by atoms with Gasteiger partial charge >= 0.3 is 0 Å². The van der Waals surface area contributed by atoms with Crippen LogP contribution in [0.4, 0.5) is 0 Å². The van der Waals surface area contributed by atoms with Crippen LogP contribution < -0.4 is 10.8 Å². The van der Waals surface area contributed by atoms with Gasteiger partial charge in [-0.15, -0.1) is 0 Å². The molecule has 3 N–H and O–H groups in total. The molecule has 0 radical (unpaired) electrons. The zero-order chi connectivity index (χ0) is 19.4. The van der Waals surface area contributed by atoms with E-state index in [0.717, 1.165) is 0 Å². The van der Waals surface area contributed by atoms with Crippen LogP contribution in [0.15, 0.2) is 24.3 Å². The SMILES string of the molecule is COCCOCOC[C@H](C[C@H](C)C(=O)NO)NC(=O)c1ccc(Cl)cc1. The number of carbonyl (C=O) groups is 2. The number of rotatable bonds is 12. The molecule has 0 aromatic heterocycles. The first kappa shape index (κ1) is 22.3. The first-order valence-corrected chi connectivity index (χ1v) is 8.50. The van der Waals surface area contributed by atoms with Crippen LogP contribution >= 0.6 is 11.6 Å². The third-order valence-corrected chi connectivity index (χ3v) is 3.81. The Morgan fingerprint density at radius 3 is 2.50 bits per heavy atom. The predicted octanol–water partition coefficient (Wildman–Crippen LogP) is 1.61. The fourth-order valence-electron chi connectivity index (χ4n) is 2.13. The standard InChI is InChI=1S/C17H25ClN2O6/c1-12(16(21)20-23)9-15(10-26-11-25-8-7-24-2)19-17(22)13-3-5-14(18)6-4-13/h3-6,12,15,23H,7-11H2,1-2H3,(H,19,22)(H,20,21)/t12-,15-/m0/s1. The average molecular weight is 389 g/mol. The molecule has 0 saturated heterocycles. The normalized spacial score (nSPS) is 13.1. The summed E-state index contributed by atoms with van der Waals surface area (Å²) in [5.41, 5.74) is 2.05. The number of hydroxylamine groups is 1. The van der Waals surface area contributed by atoms with E-state index in [2.05, 4.69) is 5.32 Å². The van der Waals surface area contributed by atoms with Gasteiger partial charge in [-0.25, -0.2) is 5.48 Å². The number of ether oxygens (including phenoxy) is 3. The molecule has 1 rings (SSSR count). The van der Waals surface area contributed by atoms with Crippen molar-refractivity contribution in [3.05, 3.63) is 34.9 Å². The van der Waals surface area contributed by atoms with Gasteiger partial charge in [0.25, 0.3) is 5.91 Å². The molecule has 9 heteroatoms. The van der Waals surface area contributed by atoms with Crippen LogP contribution in [0.25, 0.3) is 0 Å². The van der Waals surface area contributed by atoms with Crippen molar-refractivity contribution in [1.29, 1.82) is 0 Å². The molecule has 146 valence electrons. The molecule has 0 aliphatic heterocycles. The van der Waals surface area contributed by atoms with E-state index >= 15 is 0 Å². The molecule has 1 aromatic rings. The minimum Gasteiger partial charge on any atom is -0.382 e. The Balaban J connectivity index is 2.59. The quantitative estimate of drug-likeness (QED) is 0.217. The van der Waals surface area contributed by atoms with E-state index in [1.165, 1.54) is 0 Å². The second kappa shape index (κ2) is 12.6. The van der Waals surface area contributed by atoms with Crippen LogP contribution in [0.3, 0.4) is 0 Å². The van der Waals surface area contributed by atoms with Gasteiger partial charge in [-0.3, -0.25) is 14.8 Å². The Kier molecular flexibility index (Phi) is 10.8. The third kappa shape index (κ3) is 8.59. The van der Waals surface area contributed by atoms with Gasteiger partial charge in [0.05, 0.1) is 25.9 Å². The van der Waals surface area contributed by atoms with Gasteiger partial charge in [0.15, 0.2) is 0 Å². The topological polar surface area (TPSA) is 106 Å². The summed E-state index contributed by atoms with van der Waals surface area (Å²) in [6.07, 6.45) is 0.282. The summed E-state index contributed by atoms with van der Waals surface area (Å²) in [5, 5.41) is 12.1. The van der Waals surface area contributed by atoms with Crippen molar-refractivity contribution in [2.75, 3.05) is 33.7 Å². The highest BCUT2D eigenvalue weighted by Crippen LogP contribution is 2.11. The molecule has 8 nitrogen and oxygen atoms in total. The van der Waals surface area contributed by atoms with E-state index in [4.69, 9.17) is 31.0 Å². The Morgan fingerprint density at radius 1 is 1.19 bits per heavy atom. The second-order valence-corrected chi connectivity index (χ2v) is 6.12. The lowest BCUT2D eigenvalue weighted by atomic mass is 10.0. The number of hydrogen-bond acceptors (Lipinski definition) is 6. The van der Waals surface area contributed by atoms with E-state index < -0.39 is 17.9 Å². The number of benzene rings is 1. The number of halogens is 1. The molecule has 0 saturated carbocycles. The Labute approximate surface area is 157 Å². The first-order valence-electron chi connectivity index (χ1n) is 8.12. The zero-order valence-corrected chi connectivity index (χ0v) is 15.6. The maximum absolute atomic E-state index is 12.4. The Hall–Kier alpha value is -1.71. The average Bonchev–Trinajstić information content (AvgIpc) is 2.64. The molecule has 0 aliphatic rings. The lowest BCUT2D eigenvalue weighted by Crippen LogP contribution is -2.41. The second-order valence-electron chi connectivity index (χ2n) is 5.68. The third-order valence-electron chi connectivity index (χ3n) is 3.55. The zero-order valence-electron chi connectivity index (χ0n) is 14.9. The van der Waals surface area contributed by atoms with Gasteiger partial charge in [-0.2, -0.15) is 0 Å². The van der Waals surface area contributed by atoms with Gasteiger partial charge in [0, 0.05) is 23.6 Å². The lowest BCUT2D eigenvalue weighted by Gasteiger charge is -2.21. The summed E-state index contributed by atoms with van der Waals surface area (Å²) in [6, 6.07) is 6.00. The van der Waals surface area contributed by atoms with Crippen molar-refractivity contribution in [1.82, 2.24) is 10.8 Å². The molecular formula is C17H25ClN2O6. The van der Waals surface area contributed by atoms with E-state index in [1.54, 1.807) is 43.8 Å². The summed E-state index contributed by atoms with van der Waals surface area (Å²) < 4.78 is 15.5. The number of amides is 2. The number of carbonyl (C=O) groups excluding carboxylic acids is 2. The maximum Gasteiger partial charge on any atom is 0.251 e. The number of hydrogen-bond donors (Lipinski definition) is 3. The molecule has 2 amide bonds. The fraction of sp³-hybridized carbons (Fsp3) is 0.529. The van der Waals surface area contributed by atoms with Gasteiger partial charge in [0.2, 0.25) is 5.91 Å². The number of nitrogens with one attached hydrogen (secondary N) is 2. The van der Waals surface area contributed by atoms with Crippen LogP contribution in [-0.2, 0) is 19.0 Å². The highest BCUT2D eigenvalue weighted by Gasteiger charge is 2.21. The fourth-order valence-corrected chi connectivity index (χ4v) is 2.26. The highest BCUT2D eigenvalue weighted by molar-refractivity contribution is 6.30. The van der Waals surface area contributed by atoms with E-state index in [1.807, 2.05) is 0 Å². The van der Waals surface area contributed by atoms with Crippen LogP contribution in [0.5, 0.6) is 0 Å². The highest BCUT2D eigenvalue weighted by atomic mass is 35.5. The van der Waals surface area contributed by atoms with E-state index in [-0.39, 0.29) is 25.7 Å². The van der Waals surface area contributed by atoms with Gasteiger partial charge in [0.1, 0.15) is 6.79 Å². The summed E-state index contributed by atoms with van der Waals surface area (Å²) in [7, 11) is 1.57. The van der Waals surface area contributed by atoms with Crippen LogP contribution in [0, 0.1) is 5.92 Å². The minimum atomic E-state index is -0.535. The summed E-state index contributed by atoms with van der Waals surface area (Å²) >= 11 is 5.82. The van der Waals surface area contributed by atoms with Crippen molar-refractivity contribution >= 4 is 23.4 Å². The van der Waals surface area contributed by atoms with Crippen molar-refractivity contribution in [2.45, 2.75) is 19.4 Å². The molecule has 0 bridgehead atoms. The minimum absolute atomic E-state index is 0.0389. The lowest BCUT2D eigenvalue weighted by molar-refractivity contribution is -0.133. The van der Waals surface area contributed by atoms with Crippen molar-refractivity contribution in [3.63, 3.8) is 0 Å². The van der Waals surface area contributed by atoms with Gasteiger partial charge in [-0.1, -0.05) is 18.5 Å².